The fraction of sp³-hybridized carbons (Fsp3) is 0.458. The highest BCUT2D eigenvalue weighted by atomic mass is 19.1. The second-order valence-electron chi connectivity index (χ2n) is 8.43. The zero-order valence-corrected chi connectivity index (χ0v) is 17.3. The normalized spacial score (nSPS) is 20.9. The summed E-state index contributed by atoms with van der Waals surface area (Å²) >= 11 is 0. The maximum Gasteiger partial charge on any atom is 0.223 e. The van der Waals surface area contributed by atoms with Crippen LogP contribution in [-0.4, -0.2) is 29.1 Å². The Morgan fingerprint density at radius 3 is 2.34 bits per heavy atom. The number of likely N-dealkylation sites (tertiary alicyclic amines) is 1. The number of carbonyl (C=O) groups excluding carboxylic acids is 1. The van der Waals surface area contributed by atoms with Gasteiger partial charge in [0.15, 0.2) is 0 Å². The van der Waals surface area contributed by atoms with Gasteiger partial charge in [0, 0.05) is 31.2 Å². The quantitative estimate of drug-likeness (QED) is 0.710. The van der Waals surface area contributed by atoms with Crippen LogP contribution in [0.15, 0.2) is 42.5 Å². The maximum absolute atomic E-state index is 14.0. The Morgan fingerprint density at radius 2 is 1.79 bits per heavy atom. The second kappa shape index (κ2) is 8.62. The molecule has 1 amide bonds. The van der Waals surface area contributed by atoms with Crippen LogP contribution in [0.3, 0.4) is 0 Å². The number of hydrogen-bond donors (Lipinski definition) is 1. The molecule has 0 unspecified atom stereocenters. The summed E-state index contributed by atoms with van der Waals surface area (Å²) in [5, 5.41) is 9.45. The topological polar surface area (TPSA) is 40.5 Å². The molecule has 1 heterocycles. The van der Waals surface area contributed by atoms with Crippen LogP contribution in [0.4, 0.5) is 8.78 Å². The molecule has 1 aliphatic heterocycles. The van der Waals surface area contributed by atoms with E-state index in [2.05, 4.69) is 13.8 Å². The van der Waals surface area contributed by atoms with Crippen molar-refractivity contribution in [3.05, 3.63) is 59.7 Å². The predicted molar refractivity (Wildman–Crippen MR) is 110 cm³/mol. The number of hydrogen-bond acceptors (Lipinski definition) is 2. The van der Waals surface area contributed by atoms with Crippen molar-refractivity contribution in [3.63, 3.8) is 0 Å². The van der Waals surface area contributed by atoms with Crippen LogP contribution in [-0.2, 0) is 4.79 Å². The Kier molecular flexibility index (Phi) is 6.37. The summed E-state index contributed by atoms with van der Waals surface area (Å²) < 4.78 is 27.2. The zero-order valence-electron chi connectivity index (χ0n) is 17.3. The van der Waals surface area contributed by atoms with Gasteiger partial charge in [-0.25, -0.2) is 8.78 Å². The number of aliphatic hydroxyl groups is 1. The van der Waals surface area contributed by atoms with Gasteiger partial charge in [-0.15, -0.1) is 0 Å². The van der Waals surface area contributed by atoms with Crippen molar-refractivity contribution in [2.75, 3.05) is 13.2 Å². The molecule has 3 rings (SSSR count). The van der Waals surface area contributed by atoms with Gasteiger partial charge in [0.05, 0.1) is 6.04 Å². The molecule has 0 aliphatic carbocycles. The average Bonchev–Trinajstić information content (AvgIpc) is 2.68. The first-order valence-electron chi connectivity index (χ1n) is 10.2. The Morgan fingerprint density at radius 1 is 1.10 bits per heavy atom. The highest BCUT2D eigenvalue weighted by Gasteiger charge is 2.42. The minimum Gasteiger partial charge on any atom is -0.396 e. The van der Waals surface area contributed by atoms with Crippen molar-refractivity contribution in [1.29, 1.82) is 0 Å². The minimum absolute atomic E-state index is 0.0890. The van der Waals surface area contributed by atoms with E-state index < -0.39 is 11.6 Å². The van der Waals surface area contributed by atoms with E-state index in [0.717, 1.165) is 18.1 Å². The van der Waals surface area contributed by atoms with Gasteiger partial charge in [0.25, 0.3) is 0 Å². The van der Waals surface area contributed by atoms with E-state index in [1.807, 2.05) is 24.0 Å². The van der Waals surface area contributed by atoms with Gasteiger partial charge in [-0.05, 0) is 54.4 Å². The third kappa shape index (κ3) is 4.35. The third-order valence-electron chi connectivity index (χ3n) is 6.61. The molecule has 3 nitrogen and oxygen atoms in total. The molecule has 0 saturated carbocycles. The molecule has 156 valence electrons. The lowest BCUT2D eigenvalue weighted by Gasteiger charge is -2.45. The molecule has 0 radical (unpaired) electrons. The van der Waals surface area contributed by atoms with Crippen molar-refractivity contribution in [1.82, 2.24) is 4.90 Å². The summed E-state index contributed by atoms with van der Waals surface area (Å²) in [5.41, 5.74) is 1.87. The standard InChI is InChI=1S/C24H29F2NO2/c1-16(2)24(11-13-28)10-12-27(23(29)15-24)17(3)18-4-6-19(7-5-18)21-9-8-20(25)14-22(21)26/h4-9,14,16-17,28H,10-13,15H2,1-3H3/t17-,24+/m1/s1. The first-order valence-corrected chi connectivity index (χ1v) is 10.2. The van der Waals surface area contributed by atoms with Crippen LogP contribution >= 0.6 is 0 Å². The molecule has 1 aliphatic rings. The van der Waals surface area contributed by atoms with Crippen LogP contribution in [0.2, 0.25) is 0 Å². The number of piperidine rings is 1. The fourth-order valence-electron chi connectivity index (χ4n) is 4.43. The molecule has 1 fully saturated rings. The number of aliphatic hydroxyl groups excluding tert-OH is 1. The summed E-state index contributed by atoms with van der Waals surface area (Å²) in [5.74, 6) is -0.745. The number of amides is 1. The van der Waals surface area contributed by atoms with Gasteiger partial charge in [-0.2, -0.15) is 0 Å². The first-order chi connectivity index (χ1) is 13.8. The minimum atomic E-state index is -0.598. The van der Waals surface area contributed by atoms with Gasteiger partial charge in [0.1, 0.15) is 11.6 Å². The van der Waals surface area contributed by atoms with Crippen LogP contribution < -0.4 is 0 Å². The second-order valence-corrected chi connectivity index (χ2v) is 8.43. The lowest BCUT2D eigenvalue weighted by atomic mass is 9.67. The molecule has 0 bridgehead atoms. The van der Waals surface area contributed by atoms with Crippen molar-refractivity contribution in [2.45, 2.75) is 46.1 Å². The highest BCUT2D eigenvalue weighted by Crippen LogP contribution is 2.44. The van der Waals surface area contributed by atoms with Gasteiger partial charge >= 0.3 is 0 Å². The summed E-state index contributed by atoms with van der Waals surface area (Å²) in [6.07, 6.45) is 1.98. The molecule has 1 N–H and O–H groups in total. The molecule has 0 spiro atoms. The molecular formula is C24H29F2NO2. The molecule has 2 aromatic rings. The molecular weight excluding hydrogens is 372 g/mol. The van der Waals surface area contributed by atoms with E-state index in [1.165, 1.54) is 12.1 Å². The van der Waals surface area contributed by atoms with E-state index in [-0.39, 0.29) is 24.0 Å². The largest absolute Gasteiger partial charge is 0.396 e. The number of carbonyl (C=O) groups is 1. The SMILES string of the molecule is CC(C)[C@]1(CCO)CCN([C@H](C)c2ccc(-c3ccc(F)cc3F)cc2)C(=O)C1. The summed E-state index contributed by atoms with van der Waals surface area (Å²) in [7, 11) is 0. The maximum atomic E-state index is 14.0. The molecule has 2 atom stereocenters. The number of rotatable bonds is 6. The third-order valence-corrected chi connectivity index (χ3v) is 6.61. The number of halogens is 2. The van der Waals surface area contributed by atoms with Gasteiger partial charge in [-0.1, -0.05) is 38.1 Å². The van der Waals surface area contributed by atoms with Gasteiger partial charge in [-0.3, -0.25) is 4.79 Å². The Balaban J connectivity index is 1.75. The van der Waals surface area contributed by atoms with E-state index in [4.69, 9.17) is 0 Å². The lowest BCUT2D eigenvalue weighted by molar-refractivity contribution is -0.143. The molecule has 2 aromatic carbocycles. The van der Waals surface area contributed by atoms with E-state index in [1.54, 1.807) is 12.1 Å². The van der Waals surface area contributed by atoms with E-state index in [0.29, 0.717) is 36.4 Å². The van der Waals surface area contributed by atoms with Gasteiger partial charge in [0.2, 0.25) is 5.91 Å². The Bertz CT molecular complexity index is 866. The summed E-state index contributed by atoms with van der Waals surface area (Å²) in [6.45, 7) is 7.00. The van der Waals surface area contributed by atoms with E-state index >= 15 is 0 Å². The molecule has 1 saturated heterocycles. The summed E-state index contributed by atoms with van der Waals surface area (Å²) in [6, 6.07) is 10.9. The lowest BCUT2D eigenvalue weighted by Crippen LogP contribution is -2.47. The molecule has 0 aromatic heterocycles. The van der Waals surface area contributed by atoms with Crippen LogP contribution in [0, 0.1) is 23.0 Å². The monoisotopic (exact) mass is 401 g/mol. The predicted octanol–water partition coefficient (Wildman–Crippen LogP) is 5.34. The number of benzene rings is 2. The highest BCUT2D eigenvalue weighted by molar-refractivity contribution is 5.78. The Hall–Kier alpha value is -2.27. The Labute approximate surface area is 171 Å². The number of nitrogens with zero attached hydrogens (tertiary/aromatic N) is 1. The van der Waals surface area contributed by atoms with Crippen molar-refractivity contribution in [3.8, 4) is 11.1 Å². The van der Waals surface area contributed by atoms with Crippen LogP contribution in [0.25, 0.3) is 11.1 Å². The summed E-state index contributed by atoms with van der Waals surface area (Å²) in [4.78, 5) is 14.8. The van der Waals surface area contributed by atoms with Crippen molar-refractivity contribution < 1.29 is 18.7 Å². The zero-order chi connectivity index (χ0) is 21.2. The smallest absolute Gasteiger partial charge is 0.223 e. The average molecular weight is 401 g/mol. The van der Waals surface area contributed by atoms with Crippen LogP contribution in [0.1, 0.15) is 51.6 Å². The van der Waals surface area contributed by atoms with E-state index in [9.17, 15) is 18.7 Å². The fourth-order valence-corrected chi connectivity index (χ4v) is 4.43. The molecule has 29 heavy (non-hydrogen) atoms. The van der Waals surface area contributed by atoms with Crippen LogP contribution in [0.5, 0.6) is 0 Å². The van der Waals surface area contributed by atoms with Crippen molar-refractivity contribution >= 4 is 5.91 Å². The molecule has 5 heteroatoms. The van der Waals surface area contributed by atoms with Gasteiger partial charge < -0.3 is 10.0 Å². The van der Waals surface area contributed by atoms with Crippen molar-refractivity contribution in [2.24, 2.45) is 11.3 Å². The first kappa shape index (κ1) is 21.4.